The van der Waals surface area contributed by atoms with Crippen LogP contribution in [0.25, 0.3) is 0 Å². The Balaban J connectivity index is 1.35. The molecule has 0 atom stereocenters. The highest BCUT2D eigenvalue weighted by atomic mass is 32.1. The van der Waals surface area contributed by atoms with E-state index in [2.05, 4.69) is 20.5 Å². The first kappa shape index (κ1) is 17.4. The van der Waals surface area contributed by atoms with Gasteiger partial charge in [-0.25, -0.2) is 14.2 Å². The van der Waals surface area contributed by atoms with Crippen molar-refractivity contribution in [3.05, 3.63) is 46.2 Å². The molecule has 1 aromatic carbocycles. The molecule has 0 saturated heterocycles. The number of urea groups is 1. The number of nitrogens with zero attached hydrogens (tertiary/aromatic N) is 2. The fourth-order valence-electron chi connectivity index (χ4n) is 3.72. The SMILES string of the molecule is O=C(Nc1nc2c(s1)CN(Cc1cccc(F)c1)CC2)NC1CCCC1. The molecule has 0 unspecified atom stereocenters. The third-order valence-corrected chi connectivity index (χ3v) is 6.01. The largest absolute Gasteiger partial charge is 0.335 e. The number of nitrogens with one attached hydrogen (secondary N) is 2. The molecular weight excluding hydrogens is 351 g/mol. The van der Waals surface area contributed by atoms with Crippen LogP contribution in [0.3, 0.4) is 0 Å². The molecule has 5 nitrogen and oxygen atoms in total. The number of amides is 2. The van der Waals surface area contributed by atoms with Gasteiger partial charge in [-0.05, 0) is 30.5 Å². The minimum atomic E-state index is -0.197. The summed E-state index contributed by atoms with van der Waals surface area (Å²) < 4.78 is 13.4. The van der Waals surface area contributed by atoms with Gasteiger partial charge in [-0.2, -0.15) is 0 Å². The topological polar surface area (TPSA) is 57.3 Å². The van der Waals surface area contributed by atoms with E-state index >= 15 is 0 Å². The van der Waals surface area contributed by atoms with Crippen LogP contribution in [-0.4, -0.2) is 28.5 Å². The molecule has 1 aromatic heterocycles. The summed E-state index contributed by atoms with van der Waals surface area (Å²) in [6.07, 6.45) is 5.37. The lowest BCUT2D eigenvalue weighted by molar-refractivity contribution is 0.246. The maximum atomic E-state index is 13.4. The zero-order valence-corrected chi connectivity index (χ0v) is 15.4. The van der Waals surface area contributed by atoms with Crippen LogP contribution in [-0.2, 0) is 19.5 Å². The van der Waals surface area contributed by atoms with Crippen LogP contribution >= 0.6 is 11.3 Å². The molecule has 2 heterocycles. The van der Waals surface area contributed by atoms with Crippen LogP contribution in [0.5, 0.6) is 0 Å². The molecule has 7 heteroatoms. The summed E-state index contributed by atoms with van der Waals surface area (Å²) in [5.74, 6) is -0.197. The molecule has 26 heavy (non-hydrogen) atoms. The molecule has 0 bridgehead atoms. The van der Waals surface area contributed by atoms with Gasteiger partial charge in [0, 0.05) is 37.0 Å². The fraction of sp³-hybridized carbons (Fsp3) is 0.474. The lowest BCUT2D eigenvalue weighted by Crippen LogP contribution is -2.36. The highest BCUT2D eigenvalue weighted by Gasteiger charge is 2.22. The van der Waals surface area contributed by atoms with E-state index in [-0.39, 0.29) is 11.8 Å². The fourth-order valence-corrected chi connectivity index (χ4v) is 4.76. The Kier molecular flexibility index (Phi) is 5.17. The average Bonchev–Trinajstić information content (AvgIpc) is 3.23. The van der Waals surface area contributed by atoms with Gasteiger partial charge in [-0.1, -0.05) is 25.0 Å². The standard InChI is InChI=1S/C19H23FN4OS/c20-14-5-3-4-13(10-14)11-24-9-8-16-17(12-24)26-19(22-16)23-18(25)21-15-6-1-2-7-15/h3-5,10,15H,1-2,6-9,11-12H2,(H2,21,22,23,25). The predicted molar refractivity (Wildman–Crippen MR) is 101 cm³/mol. The van der Waals surface area contributed by atoms with Gasteiger partial charge in [0.25, 0.3) is 0 Å². The summed E-state index contributed by atoms with van der Waals surface area (Å²) in [6, 6.07) is 6.90. The minimum Gasteiger partial charge on any atom is -0.335 e. The van der Waals surface area contributed by atoms with E-state index in [9.17, 15) is 9.18 Å². The first-order valence-corrected chi connectivity index (χ1v) is 10.0. The lowest BCUT2D eigenvalue weighted by atomic mass is 10.1. The molecule has 1 aliphatic carbocycles. The minimum absolute atomic E-state index is 0.153. The lowest BCUT2D eigenvalue weighted by Gasteiger charge is -2.25. The monoisotopic (exact) mass is 374 g/mol. The molecule has 0 radical (unpaired) electrons. The number of halogens is 1. The van der Waals surface area contributed by atoms with E-state index < -0.39 is 0 Å². The van der Waals surface area contributed by atoms with Gasteiger partial charge in [0.1, 0.15) is 5.82 Å². The molecule has 1 fully saturated rings. The summed E-state index contributed by atoms with van der Waals surface area (Å²) in [5.41, 5.74) is 2.05. The van der Waals surface area contributed by atoms with Gasteiger partial charge >= 0.3 is 6.03 Å². The van der Waals surface area contributed by atoms with Gasteiger partial charge in [-0.15, -0.1) is 11.3 Å². The molecule has 1 aliphatic heterocycles. The van der Waals surface area contributed by atoms with Crippen LogP contribution in [0.4, 0.5) is 14.3 Å². The van der Waals surface area contributed by atoms with Gasteiger partial charge in [0.15, 0.2) is 5.13 Å². The number of hydrogen-bond acceptors (Lipinski definition) is 4. The van der Waals surface area contributed by atoms with Crippen molar-refractivity contribution in [2.45, 2.75) is 51.2 Å². The van der Waals surface area contributed by atoms with Crippen molar-refractivity contribution in [3.8, 4) is 0 Å². The van der Waals surface area contributed by atoms with Crippen molar-refractivity contribution in [3.63, 3.8) is 0 Å². The third-order valence-electron chi connectivity index (χ3n) is 5.02. The van der Waals surface area contributed by atoms with E-state index in [1.807, 2.05) is 6.07 Å². The molecule has 138 valence electrons. The highest BCUT2D eigenvalue weighted by Crippen LogP contribution is 2.29. The van der Waals surface area contributed by atoms with E-state index in [0.29, 0.717) is 11.2 Å². The number of carbonyl (C=O) groups is 1. The predicted octanol–water partition coefficient (Wildman–Crippen LogP) is 3.90. The Labute approximate surface area is 156 Å². The number of hydrogen-bond donors (Lipinski definition) is 2. The van der Waals surface area contributed by atoms with E-state index in [1.54, 1.807) is 23.5 Å². The Morgan fingerprint density at radius 3 is 3.00 bits per heavy atom. The Morgan fingerprint density at radius 1 is 1.35 bits per heavy atom. The summed E-state index contributed by atoms with van der Waals surface area (Å²) in [7, 11) is 0. The highest BCUT2D eigenvalue weighted by molar-refractivity contribution is 7.15. The van der Waals surface area contributed by atoms with Crippen molar-refractivity contribution in [1.29, 1.82) is 0 Å². The summed E-state index contributed by atoms with van der Waals surface area (Å²) in [4.78, 5) is 20.2. The van der Waals surface area contributed by atoms with Gasteiger partial charge in [0.2, 0.25) is 0 Å². The molecule has 4 rings (SSSR count). The molecule has 2 N–H and O–H groups in total. The normalized spacial score (nSPS) is 17.9. The molecule has 2 aromatic rings. The summed E-state index contributed by atoms with van der Waals surface area (Å²) in [6.45, 7) is 2.40. The van der Waals surface area contributed by atoms with Crippen molar-refractivity contribution in [1.82, 2.24) is 15.2 Å². The van der Waals surface area contributed by atoms with E-state index in [4.69, 9.17) is 0 Å². The molecule has 2 aliphatic rings. The van der Waals surface area contributed by atoms with Gasteiger partial charge in [-0.3, -0.25) is 10.2 Å². The smallest absolute Gasteiger partial charge is 0.321 e. The number of benzene rings is 1. The van der Waals surface area contributed by atoms with E-state index in [0.717, 1.165) is 50.2 Å². The van der Waals surface area contributed by atoms with Crippen LogP contribution in [0.15, 0.2) is 24.3 Å². The number of thiazole rings is 1. The first-order chi connectivity index (χ1) is 12.7. The number of aromatic nitrogens is 1. The summed E-state index contributed by atoms with van der Waals surface area (Å²) >= 11 is 1.54. The van der Waals surface area contributed by atoms with Crippen molar-refractivity contribution < 1.29 is 9.18 Å². The Morgan fingerprint density at radius 2 is 2.19 bits per heavy atom. The maximum absolute atomic E-state index is 13.4. The van der Waals surface area contributed by atoms with Crippen molar-refractivity contribution >= 4 is 22.5 Å². The van der Waals surface area contributed by atoms with Crippen molar-refractivity contribution in [2.75, 3.05) is 11.9 Å². The number of fused-ring (bicyclic) bond motifs is 1. The third kappa shape index (κ3) is 4.22. The number of rotatable bonds is 4. The molecule has 1 saturated carbocycles. The van der Waals surface area contributed by atoms with Crippen LogP contribution in [0, 0.1) is 5.82 Å². The number of anilines is 1. The quantitative estimate of drug-likeness (QED) is 0.853. The zero-order chi connectivity index (χ0) is 17.9. The van der Waals surface area contributed by atoms with Gasteiger partial charge < -0.3 is 5.32 Å². The Bertz CT molecular complexity index is 788. The zero-order valence-electron chi connectivity index (χ0n) is 14.6. The first-order valence-electron chi connectivity index (χ1n) is 9.18. The second-order valence-corrected chi connectivity index (χ2v) is 8.14. The number of carbonyl (C=O) groups excluding carboxylic acids is 1. The molecule has 2 amide bonds. The van der Waals surface area contributed by atoms with E-state index in [1.165, 1.54) is 23.8 Å². The average molecular weight is 374 g/mol. The van der Waals surface area contributed by atoms with Crippen LogP contribution in [0.1, 0.15) is 41.8 Å². The summed E-state index contributed by atoms with van der Waals surface area (Å²) in [5, 5.41) is 6.58. The second kappa shape index (κ2) is 7.72. The van der Waals surface area contributed by atoms with Gasteiger partial charge in [0.05, 0.1) is 5.69 Å². The van der Waals surface area contributed by atoms with Crippen LogP contribution in [0.2, 0.25) is 0 Å². The van der Waals surface area contributed by atoms with Crippen molar-refractivity contribution in [2.24, 2.45) is 0 Å². The molecular formula is C19H23FN4OS. The maximum Gasteiger partial charge on any atom is 0.321 e. The van der Waals surface area contributed by atoms with Crippen LogP contribution < -0.4 is 10.6 Å². The molecule has 0 spiro atoms. The Hall–Kier alpha value is -1.99. The second-order valence-electron chi connectivity index (χ2n) is 7.06.